The molecule has 1 amide bonds. The Bertz CT molecular complexity index is 157. The van der Waals surface area contributed by atoms with E-state index < -0.39 is 0 Å². The molecule has 0 aromatic heterocycles. The smallest absolute Gasteiger partial charge is 0.210 e. The fourth-order valence-corrected chi connectivity index (χ4v) is 0.914. The Morgan fingerprint density at radius 3 is 1.69 bits per heavy atom. The van der Waals surface area contributed by atoms with E-state index in [1.165, 1.54) is 0 Å². The molecule has 0 unspecified atom stereocenters. The number of allylic oxidation sites excluding steroid dienone is 2. The average molecular weight is 181 g/mol. The van der Waals surface area contributed by atoms with Gasteiger partial charge < -0.3 is 4.90 Å². The molecule has 0 bridgehead atoms. The predicted octanol–water partition coefficient (Wildman–Crippen LogP) is 2.38. The molecule has 0 radical (unpaired) electrons. The largest absolute Gasteiger partial charge is 0.338 e. The van der Waals surface area contributed by atoms with Crippen LogP contribution < -0.4 is 0 Å². The zero-order chi connectivity index (χ0) is 9.94. The minimum absolute atomic E-state index is 0.714. The van der Waals surface area contributed by atoms with Gasteiger partial charge in [-0.2, -0.15) is 0 Å². The summed E-state index contributed by atoms with van der Waals surface area (Å²) in [7, 11) is 0. The number of hydrogen-bond acceptors (Lipinski definition) is 1. The van der Waals surface area contributed by atoms with E-state index in [9.17, 15) is 4.79 Å². The number of hydrogen-bond donors (Lipinski definition) is 0. The van der Waals surface area contributed by atoms with Crippen molar-refractivity contribution in [1.82, 2.24) is 4.90 Å². The fourth-order valence-electron chi connectivity index (χ4n) is 0.914. The van der Waals surface area contributed by atoms with E-state index in [4.69, 9.17) is 0 Å². The molecule has 0 atom stereocenters. The molecular formula is C11H19NO. The molecular weight excluding hydrogens is 162 g/mol. The summed E-state index contributed by atoms with van der Waals surface area (Å²) in [5.74, 6) is 0. The number of rotatable bonds is 7. The third kappa shape index (κ3) is 7.32. The summed E-state index contributed by atoms with van der Waals surface area (Å²) < 4.78 is 0. The monoisotopic (exact) mass is 181 g/mol. The van der Waals surface area contributed by atoms with Crippen LogP contribution in [0.5, 0.6) is 0 Å². The number of carbonyl (C=O) groups excluding carboxylic acids is 1. The molecule has 0 N–H and O–H groups in total. The number of carbonyl (C=O) groups is 1. The zero-order valence-electron chi connectivity index (χ0n) is 8.57. The van der Waals surface area contributed by atoms with E-state index >= 15 is 0 Å². The van der Waals surface area contributed by atoms with Crippen molar-refractivity contribution in [3.63, 3.8) is 0 Å². The summed E-state index contributed by atoms with van der Waals surface area (Å²) in [6, 6.07) is 0. The topological polar surface area (TPSA) is 20.3 Å². The summed E-state index contributed by atoms with van der Waals surface area (Å²) >= 11 is 0. The molecule has 0 aliphatic carbocycles. The van der Waals surface area contributed by atoms with Crippen molar-refractivity contribution in [1.29, 1.82) is 0 Å². The second-order valence-corrected chi connectivity index (χ2v) is 2.82. The third-order valence-electron chi connectivity index (χ3n) is 1.63. The van der Waals surface area contributed by atoms with Gasteiger partial charge in [-0.25, -0.2) is 0 Å². The van der Waals surface area contributed by atoms with Crippen molar-refractivity contribution in [3.8, 4) is 0 Å². The third-order valence-corrected chi connectivity index (χ3v) is 1.63. The van der Waals surface area contributed by atoms with Crippen LogP contribution in [0, 0.1) is 0 Å². The van der Waals surface area contributed by atoms with E-state index in [0.717, 1.165) is 19.3 Å². The molecule has 0 aromatic carbocycles. The van der Waals surface area contributed by atoms with E-state index in [0.29, 0.717) is 13.1 Å². The molecule has 0 rings (SSSR count). The van der Waals surface area contributed by atoms with Gasteiger partial charge >= 0.3 is 0 Å². The molecule has 0 aliphatic heterocycles. The van der Waals surface area contributed by atoms with Gasteiger partial charge in [0.15, 0.2) is 0 Å². The second kappa shape index (κ2) is 9.04. The molecule has 0 saturated carbocycles. The second-order valence-electron chi connectivity index (χ2n) is 2.82. The van der Waals surface area contributed by atoms with E-state index in [1.807, 2.05) is 12.2 Å². The summed E-state index contributed by atoms with van der Waals surface area (Å²) in [6.45, 7) is 5.59. The zero-order valence-corrected chi connectivity index (χ0v) is 8.57. The maximum absolute atomic E-state index is 10.6. The number of amides is 1. The van der Waals surface area contributed by atoms with Crippen molar-refractivity contribution in [3.05, 3.63) is 24.3 Å². The van der Waals surface area contributed by atoms with Gasteiger partial charge in [0, 0.05) is 13.1 Å². The van der Waals surface area contributed by atoms with Crippen LogP contribution in [-0.4, -0.2) is 24.4 Å². The highest BCUT2D eigenvalue weighted by Gasteiger charge is 1.93. The van der Waals surface area contributed by atoms with Crippen molar-refractivity contribution in [2.75, 3.05) is 13.1 Å². The van der Waals surface area contributed by atoms with Gasteiger partial charge in [0.1, 0.15) is 0 Å². The van der Waals surface area contributed by atoms with Crippen LogP contribution in [0.3, 0.4) is 0 Å². The van der Waals surface area contributed by atoms with E-state index in [2.05, 4.69) is 26.0 Å². The normalized spacial score (nSPS) is 11.2. The SMILES string of the molecule is CCC=CCN(C=O)CC=CCC. The molecule has 2 heteroatoms. The Kier molecular flexibility index (Phi) is 8.31. The Morgan fingerprint density at radius 2 is 1.38 bits per heavy atom. The van der Waals surface area contributed by atoms with Gasteiger partial charge in [-0.05, 0) is 12.8 Å². The molecule has 74 valence electrons. The van der Waals surface area contributed by atoms with Gasteiger partial charge in [-0.15, -0.1) is 0 Å². The highest BCUT2D eigenvalue weighted by atomic mass is 16.1. The van der Waals surface area contributed by atoms with Gasteiger partial charge in [-0.3, -0.25) is 4.79 Å². The average Bonchev–Trinajstić information content (AvgIpc) is 2.16. The summed E-state index contributed by atoms with van der Waals surface area (Å²) in [5.41, 5.74) is 0. The lowest BCUT2D eigenvalue weighted by atomic mass is 10.3. The maximum atomic E-state index is 10.6. The fraction of sp³-hybridized carbons (Fsp3) is 0.545. The highest BCUT2D eigenvalue weighted by molar-refractivity contribution is 5.47. The predicted molar refractivity (Wildman–Crippen MR) is 56.5 cm³/mol. The Balaban J connectivity index is 3.69. The summed E-state index contributed by atoms with van der Waals surface area (Å²) in [6.07, 6.45) is 11.1. The van der Waals surface area contributed by atoms with Gasteiger partial charge in [0.05, 0.1) is 0 Å². The van der Waals surface area contributed by atoms with Crippen molar-refractivity contribution in [2.45, 2.75) is 26.7 Å². The summed E-state index contributed by atoms with van der Waals surface area (Å²) in [5, 5.41) is 0. The molecule has 2 nitrogen and oxygen atoms in total. The van der Waals surface area contributed by atoms with Crippen LogP contribution in [-0.2, 0) is 4.79 Å². The first-order chi connectivity index (χ1) is 6.35. The Morgan fingerprint density at radius 1 is 0.923 bits per heavy atom. The lowest BCUT2D eigenvalue weighted by Gasteiger charge is -2.11. The highest BCUT2D eigenvalue weighted by Crippen LogP contribution is 1.88. The van der Waals surface area contributed by atoms with E-state index in [-0.39, 0.29) is 0 Å². The van der Waals surface area contributed by atoms with Crippen LogP contribution in [0.4, 0.5) is 0 Å². The molecule has 0 saturated heterocycles. The molecule has 0 spiro atoms. The quantitative estimate of drug-likeness (QED) is 0.436. The molecule has 0 aromatic rings. The first kappa shape index (κ1) is 11.9. The minimum Gasteiger partial charge on any atom is -0.338 e. The first-order valence-electron chi connectivity index (χ1n) is 4.84. The number of nitrogens with zero attached hydrogens (tertiary/aromatic N) is 1. The lowest BCUT2D eigenvalue weighted by molar-refractivity contribution is -0.117. The Hall–Kier alpha value is -1.05. The Labute approximate surface area is 80.9 Å². The van der Waals surface area contributed by atoms with Gasteiger partial charge in [0.2, 0.25) is 6.41 Å². The molecule has 13 heavy (non-hydrogen) atoms. The van der Waals surface area contributed by atoms with Crippen LogP contribution in [0.15, 0.2) is 24.3 Å². The van der Waals surface area contributed by atoms with Crippen molar-refractivity contribution >= 4 is 6.41 Å². The van der Waals surface area contributed by atoms with Gasteiger partial charge in [0.25, 0.3) is 0 Å². The van der Waals surface area contributed by atoms with Gasteiger partial charge in [-0.1, -0.05) is 38.2 Å². The first-order valence-corrected chi connectivity index (χ1v) is 4.84. The van der Waals surface area contributed by atoms with Crippen LogP contribution >= 0.6 is 0 Å². The molecule has 0 aliphatic rings. The van der Waals surface area contributed by atoms with Crippen LogP contribution in [0.25, 0.3) is 0 Å². The maximum Gasteiger partial charge on any atom is 0.210 e. The van der Waals surface area contributed by atoms with E-state index in [1.54, 1.807) is 4.90 Å². The summed E-state index contributed by atoms with van der Waals surface area (Å²) in [4.78, 5) is 12.3. The van der Waals surface area contributed by atoms with Crippen molar-refractivity contribution in [2.24, 2.45) is 0 Å². The molecule has 0 heterocycles. The molecule has 0 fully saturated rings. The van der Waals surface area contributed by atoms with Crippen LogP contribution in [0.2, 0.25) is 0 Å². The van der Waals surface area contributed by atoms with Crippen LogP contribution in [0.1, 0.15) is 26.7 Å². The van der Waals surface area contributed by atoms with Crippen molar-refractivity contribution < 1.29 is 4.79 Å². The lowest BCUT2D eigenvalue weighted by Crippen LogP contribution is -2.21. The standard InChI is InChI=1S/C11H19NO/c1-3-5-7-9-12(11-13)10-8-6-4-2/h5-8,11H,3-4,9-10H2,1-2H3. The minimum atomic E-state index is 0.714.